The Morgan fingerprint density at radius 1 is 0.935 bits per heavy atom. The van der Waals surface area contributed by atoms with Gasteiger partial charge in [-0.25, -0.2) is 0 Å². The third-order valence-electron chi connectivity index (χ3n) is 7.29. The minimum absolute atomic E-state index is 0.147. The van der Waals surface area contributed by atoms with Crippen molar-refractivity contribution in [3.63, 3.8) is 0 Å². The molecule has 0 saturated heterocycles. The Hall–Kier alpha value is -3.20. The van der Waals surface area contributed by atoms with Crippen molar-refractivity contribution in [3.05, 3.63) is 95.3 Å². The van der Waals surface area contributed by atoms with Crippen LogP contribution in [-0.2, 0) is 4.79 Å². The number of nitrogens with zero attached hydrogens (tertiary/aromatic N) is 1. The maximum absolute atomic E-state index is 13.7. The number of ketones is 1. The molecule has 1 N–H and O–H groups in total. The van der Waals surface area contributed by atoms with Gasteiger partial charge in [-0.2, -0.15) is 0 Å². The Morgan fingerprint density at radius 3 is 2.68 bits per heavy atom. The lowest BCUT2D eigenvalue weighted by atomic mass is 9.67. The number of allylic oxidation sites excluding steroid dienone is 4. The average molecular weight is 407 g/mol. The molecule has 3 heteroatoms. The lowest BCUT2D eigenvalue weighted by molar-refractivity contribution is -0.116. The third-order valence-corrected chi connectivity index (χ3v) is 7.29. The Labute approximate surface area is 182 Å². The molecular formula is C28H26N2O. The standard InChI is InChI=1S/C28H26N2O/c31-25-17-20(18-8-3-1-4-9-18)16-24-28(25)26(19-10-5-2-6-11-19)27-21-12-7-15-29-22(21)13-14-23(27)30-24/h1-5,7-9,12-15,19-20,26,30H,6,10-11,16-17H2. The van der Waals surface area contributed by atoms with Crippen LogP contribution in [0.3, 0.4) is 0 Å². The molecule has 2 aromatic carbocycles. The van der Waals surface area contributed by atoms with Gasteiger partial charge in [0, 0.05) is 40.9 Å². The molecule has 1 aliphatic heterocycles. The Kier molecular flexibility index (Phi) is 4.48. The van der Waals surface area contributed by atoms with Gasteiger partial charge in [-0.15, -0.1) is 0 Å². The van der Waals surface area contributed by atoms with Crippen LogP contribution < -0.4 is 5.32 Å². The number of pyridine rings is 1. The van der Waals surface area contributed by atoms with E-state index < -0.39 is 0 Å². The number of hydrogen-bond acceptors (Lipinski definition) is 3. The van der Waals surface area contributed by atoms with Gasteiger partial charge in [-0.05, 0) is 66.8 Å². The molecule has 0 saturated carbocycles. The van der Waals surface area contributed by atoms with Crippen molar-refractivity contribution >= 4 is 22.4 Å². The summed E-state index contributed by atoms with van der Waals surface area (Å²) in [5, 5.41) is 4.88. The number of nitrogens with one attached hydrogen (secondary N) is 1. The van der Waals surface area contributed by atoms with Crippen molar-refractivity contribution in [1.29, 1.82) is 0 Å². The van der Waals surface area contributed by atoms with Crippen LogP contribution in [0.1, 0.15) is 55.1 Å². The zero-order chi connectivity index (χ0) is 20.8. The maximum atomic E-state index is 13.7. The van der Waals surface area contributed by atoms with Gasteiger partial charge in [0.1, 0.15) is 0 Å². The number of aromatic nitrogens is 1. The second-order valence-electron chi connectivity index (χ2n) is 9.08. The molecule has 3 atom stereocenters. The molecule has 2 heterocycles. The van der Waals surface area contributed by atoms with Crippen LogP contribution in [0.4, 0.5) is 5.69 Å². The van der Waals surface area contributed by atoms with E-state index in [1.807, 2.05) is 18.3 Å². The van der Waals surface area contributed by atoms with Crippen LogP contribution in [0.2, 0.25) is 0 Å². The number of anilines is 1. The fourth-order valence-electron chi connectivity index (χ4n) is 5.89. The highest BCUT2D eigenvalue weighted by atomic mass is 16.1. The molecule has 3 aromatic rings. The molecule has 0 fully saturated rings. The SMILES string of the molecule is O=C1CC(c2ccccc2)CC2=C1C(C1CC=CCC1)c1c(ccc3ncccc13)N2. The van der Waals surface area contributed by atoms with E-state index >= 15 is 0 Å². The van der Waals surface area contributed by atoms with Gasteiger partial charge in [0.25, 0.3) is 0 Å². The van der Waals surface area contributed by atoms with E-state index in [0.717, 1.165) is 48.2 Å². The highest BCUT2D eigenvalue weighted by molar-refractivity contribution is 6.03. The second-order valence-corrected chi connectivity index (χ2v) is 9.08. The minimum Gasteiger partial charge on any atom is -0.358 e. The van der Waals surface area contributed by atoms with E-state index in [4.69, 9.17) is 0 Å². The van der Waals surface area contributed by atoms with Gasteiger partial charge in [-0.1, -0.05) is 48.6 Å². The first-order chi connectivity index (χ1) is 15.3. The minimum atomic E-state index is 0.147. The summed E-state index contributed by atoms with van der Waals surface area (Å²) in [6.45, 7) is 0. The molecule has 154 valence electrons. The molecule has 0 bridgehead atoms. The number of fused-ring (bicyclic) bond motifs is 3. The van der Waals surface area contributed by atoms with E-state index in [2.05, 4.69) is 64.9 Å². The Balaban J connectivity index is 1.51. The normalized spacial score (nSPS) is 25.2. The predicted molar refractivity (Wildman–Crippen MR) is 125 cm³/mol. The van der Waals surface area contributed by atoms with Crippen LogP contribution >= 0.6 is 0 Å². The summed E-state index contributed by atoms with van der Waals surface area (Å²) >= 11 is 0. The van der Waals surface area contributed by atoms with Crippen molar-refractivity contribution in [2.75, 3.05) is 5.32 Å². The van der Waals surface area contributed by atoms with Crippen LogP contribution in [0.25, 0.3) is 10.9 Å². The van der Waals surface area contributed by atoms with Crippen molar-refractivity contribution < 1.29 is 4.79 Å². The summed E-state index contributed by atoms with van der Waals surface area (Å²) in [5.41, 5.74) is 6.87. The van der Waals surface area contributed by atoms with Gasteiger partial charge in [0.05, 0.1) is 5.52 Å². The summed E-state index contributed by atoms with van der Waals surface area (Å²) in [4.78, 5) is 18.3. The van der Waals surface area contributed by atoms with Gasteiger partial charge < -0.3 is 5.32 Å². The number of benzene rings is 2. The summed E-state index contributed by atoms with van der Waals surface area (Å²) < 4.78 is 0. The quantitative estimate of drug-likeness (QED) is 0.494. The van der Waals surface area contributed by atoms with Gasteiger partial charge >= 0.3 is 0 Å². The highest BCUT2D eigenvalue weighted by Gasteiger charge is 2.41. The Bertz CT molecular complexity index is 1220. The molecule has 3 unspecified atom stereocenters. The fourth-order valence-corrected chi connectivity index (χ4v) is 5.89. The number of hydrogen-bond donors (Lipinski definition) is 1. The first-order valence-corrected chi connectivity index (χ1v) is 11.4. The molecule has 3 nitrogen and oxygen atoms in total. The molecule has 3 aliphatic rings. The number of carbonyl (C=O) groups is 1. The van der Waals surface area contributed by atoms with Crippen molar-refractivity contribution in [3.8, 4) is 0 Å². The van der Waals surface area contributed by atoms with Crippen LogP contribution in [0.5, 0.6) is 0 Å². The zero-order valence-corrected chi connectivity index (χ0v) is 17.6. The average Bonchev–Trinajstić information content (AvgIpc) is 2.83. The smallest absolute Gasteiger partial charge is 0.161 e. The number of Topliss-reactive ketones (excluding diaryl/α,β-unsaturated/α-hetero) is 1. The second kappa shape index (κ2) is 7.49. The Morgan fingerprint density at radius 2 is 1.84 bits per heavy atom. The first kappa shape index (κ1) is 18.6. The number of rotatable bonds is 2. The first-order valence-electron chi connectivity index (χ1n) is 11.4. The third kappa shape index (κ3) is 3.11. The molecule has 31 heavy (non-hydrogen) atoms. The highest BCUT2D eigenvalue weighted by Crippen LogP contribution is 2.52. The van der Waals surface area contributed by atoms with E-state index in [1.165, 1.54) is 16.5 Å². The van der Waals surface area contributed by atoms with Crippen LogP contribution in [0, 0.1) is 5.92 Å². The van der Waals surface area contributed by atoms with E-state index in [-0.39, 0.29) is 11.8 Å². The predicted octanol–water partition coefficient (Wildman–Crippen LogP) is 6.50. The van der Waals surface area contributed by atoms with Gasteiger partial charge in [-0.3, -0.25) is 9.78 Å². The number of carbonyl (C=O) groups excluding carboxylic acids is 1. The van der Waals surface area contributed by atoms with E-state index in [9.17, 15) is 4.79 Å². The monoisotopic (exact) mass is 406 g/mol. The molecule has 1 aromatic heterocycles. The molecule has 2 aliphatic carbocycles. The summed E-state index contributed by atoms with van der Waals surface area (Å²) in [7, 11) is 0. The lowest BCUT2D eigenvalue weighted by Gasteiger charge is -2.40. The van der Waals surface area contributed by atoms with Crippen molar-refractivity contribution in [2.45, 2.75) is 43.9 Å². The van der Waals surface area contributed by atoms with Crippen molar-refractivity contribution in [2.24, 2.45) is 5.92 Å². The van der Waals surface area contributed by atoms with Crippen LogP contribution in [0.15, 0.2) is 84.2 Å². The summed E-state index contributed by atoms with van der Waals surface area (Å²) in [6, 6.07) is 18.9. The summed E-state index contributed by atoms with van der Waals surface area (Å²) in [5.74, 6) is 1.16. The topological polar surface area (TPSA) is 42.0 Å². The largest absolute Gasteiger partial charge is 0.358 e. The summed E-state index contributed by atoms with van der Waals surface area (Å²) in [6.07, 6.45) is 11.2. The van der Waals surface area contributed by atoms with Gasteiger partial charge in [0.15, 0.2) is 5.78 Å². The molecule has 6 rings (SSSR count). The van der Waals surface area contributed by atoms with Crippen molar-refractivity contribution in [1.82, 2.24) is 4.98 Å². The molecule has 0 spiro atoms. The molecule has 0 amide bonds. The zero-order valence-electron chi connectivity index (χ0n) is 17.6. The van der Waals surface area contributed by atoms with Gasteiger partial charge in [0.2, 0.25) is 0 Å². The van der Waals surface area contributed by atoms with E-state index in [1.54, 1.807) is 0 Å². The van der Waals surface area contributed by atoms with Crippen LogP contribution in [-0.4, -0.2) is 10.8 Å². The maximum Gasteiger partial charge on any atom is 0.161 e. The molecular weight excluding hydrogens is 380 g/mol. The lowest BCUT2D eigenvalue weighted by Crippen LogP contribution is -2.32. The fraction of sp³-hybridized carbons (Fsp3) is 0.286. The molecule has 0 radical (unpaired) electrons. The van der Waals surface area contributed by atoms with E-state index in [0.29, 0.717) is 18.1 Å².